The fraction of sp³-hybridized carbons (Fsp3) is 0.222. The minimum absolute atomic E-state index is 0.269. The molecule has 1 rings (SSSR count). The zero-order valence-corrected chi connectivity index (χ0v) is 8.41. The summed E-state index contributed by atoms with van der Waals surface area (Å²) in [6.45, 7) is 2.19. The Morgan fingerprint density at radius 2 is 2.08 bits per heavy atom. The van der Waals surface area contributed by atoms with Crippen LogP contribution in [0.5, 0.6) is 0 Å². The van der Waals surface area contributed by atoms with Crippen LogP contribution in [-0.2, 0) is 4.74 Å². The van der Waals surface area contributed by atoms with E-state index in [0.29, 0.717) is 12.2 Å². The molecule has 70 valence electrons. The van der Waals surface area contributed by atoms with E-state index < -0.39 is 0 Å². The number of esters is 1. The van der Waals surface area contributed by atoms with E-state index >= 15 is 0 Å². The predicted molar refractivity (Wildman–Crippen MR) is 54.5 cm³/mol. The van der Waals surface area contributed by atoms with Gasteiger partial charge in [-0.15, -0.1) is 0 Å². The van der Waals surface area contributed by atoms with Crippen molar-refractivity contribution in [2.75, 3.05) is 6.61 Å². The van der Waals surface area contributed by atoms with E-state index in [9.17, 15) is 4.79 Å². The number of benzene rings is 1. The monoisotopic (exact) mass is 197 g/mol. The maximum absolute atomic E-state index is 11.2. The van der Waals surface area contributed by atoms with Crippen molar-refractivity contribution in [2.24, 2.45) is 5.50 Å². The molecule has 1 atom stereocenters. The molecule has 0 saturated heterocycles. The molecule has 1 aromatic rings. The average Bonchev–Trinajstić information content (AvgIpc) is 2.18. The van der Waals surface area contributed by atoms with Gasteiger partial charge >= 0.3 is 5.97 Å². The Hall–Kier alpha value is -0.920. The summed E-state index contributed by atoms with van der Waals surface area (Å²) in [4.78, 5) is 11.2. The molecule has 0 aliphatic carbocycles. The SMILES string of the molecule is CCOC(=O)c1ccc(PN)cc1. The van der Waals surface area contributed by atoms with Gasteiger partial charge in [0.25, 0.3) is 0 Å². The van der Waals surface area contributed by atoms with Crippen LogP contribution in [-0.4, -0.2) is 12.6 Å². The minimum Gasteiger partial charge on any atom is -0.462 e. The Labute approximate surface area is 79.1 Å². The van der Waals surface area contributed by atoms with Crippen LogP contribution in [0, 0.1) is 0 Å². The summed E-state index contributed by atoms with van der Waals surface area (Å²) < 4.78 is 4.83. The van der Waals surface area contributed by atoms with Gasteiger partial charge in [-0.3, -0.25) is 0 Å². The molecule has 4 heteroatoms. The summed E-state index contributed by atoms with van der Waals surface area (Å²) in [6, 6.07) is 7.13. The predicted octanol–water partition coefficient (Wildman–Crippen LogP) is 1.04. The van der Waals surface area contributed by atoms with Gasteiger partial charge in [0.15, 0.2) is 0 Å². The summed E-state index contributed by atoms with van der Waals surface area (Å²) >= 11 is 0. The van der Waals surface area contributed by atoms with Crippen LogP contribution in [0.1, 0.15) is 17.3 Å². The lowest BCUT2D eigenvalue weighted by Gasteiger charge is -2.01. The van der Waals surface area contributed by atoms with Gasteiger partial charge in [0.05, 0.1) is 12.2 Å². The maximum Gasteiger partial charge on any atom is 0.338 e. The van der Waals surface area contributed by atoms with Crippen LogP contribution in [0.2, 0.25) is 0 Å². The van der Waals surface area contributed by atoms with Gasteiger partial charge in [0.1, 0.15) is 0 Å². The highest BCUT2D eigenvalue weighted by molar-refractivity contribution is 7.44. The highest BCUT2D eigenvalue weighted by Crippen LogP contribution is 2.04. The fourth-order valence-corrected chi connectivity index (χ4v) is 1.28. The summed E-state index contributed by atoms with van der Waals surface area (Å²) in [6.07, 6.45) is 0. The van der Waals surface area contributed by atoms with Crippen LogP contribution in [0.3, 0.4) is 0 Å². The Kier molecular flexibility index (Phi) is 3.87. The van der Waals surface area contributed by atoms with Gasteiger partial charge in [0, 0.05) is 0 Å². The summed E-state index contributed by atoms with van der Waals surface area (Å²) in [5, 5.41) is 1.04. The van der Waals surface area contributed by atoms with Crippen molar-refractivity contribution < 1.29 is 9.53 Å². The lowest BCUT2D eigenvalue weighted by atomic mass is 10.2. The van der Waals surface area contributed by atoms with E-state index in [1.54, 1.807) is 19.1 Å². The number of hydrogen-bond acceptors (Lipinski definition) is 3. The normalized spacial score (nSPS) is 10.6. The third-order valence-corrected chi connectivity index (χ3v) is 2.23. The van der Waals surface area contributed by atoms with Crippen LogP contribution in [0.25, 0.3) is 0 Å². The van der Waals surface area contributed by atoms with Crippen LogP contribution in [0.4, 0.5) is 0 Å². The minimum atomic E-state index is -0.283. The van der Waals surface area contributed by atoms with Crippen molar-refractivity contribution in [3.63, 3.8) is 0 Å². The smallest absolute Gasteiger partial charge is 0.338 e. The van der Waals surface area contributed by atoms with E-state index in [4.69, 9.17) is 10.2 Å². The first-order valence-corrected chi connectivity index (χ1v) is 5.09. The second-order valence-corrected chi connectivity index (χ2v) is 3.31. The molecule has 0 amide bonds. The van der Waals surface area contributed by atoms with Gasteiger partial charge in [-0.25, -0.2) is 4.79 Å². The van der Waals surface area contributed by atoms with Crippen molar-refractivity contribution in [3.8, 4) is 0 Å². The number of ether oxygens (including phenoxy) is 1. The molecule has 0 radical (unpaired) electrons. The largest absolute Gasteiger partial charge is 0.462 e. The topological polar surface area (TPSA) is 52.3 Å². The number of rotatable bonds is 3. The second-order valence-electron chi connectivity index (χ2n) is 2.44. The summed E-state index contributed by atoms with van der Waals surface area (Å²) in [7, 11) is 0.269. The Bertz CT molecular complexity index is 284. The molecular weight excluding hydrogens is 185 g/mol. The summed E-state index contributed by atoms with van der Waals surface area (Å²) in [5.41, 5.74) is 6.02. The zero-order valence-electron chi connectivity index (χ0n) is 7.41. The van der Waals surface area contributed by atoms with E-state index in [1.807, 2.05) is 12.1 Å². The van der Waals surface area contributed by atoms with Crippen LogP contribution in [0.15, 0.2) is 24.3 Å². The molecule has 0 spiro atoms. The Balaban J connectivity index is 2.74. The first-order valence-electron chi connectivity index (χ1n) is 4.01. The molecule has 0 fully saturated rings. The first-order chi connectivity index (χ1) is 6.27. The highest BCUT2D eigenvalue weighted by atomic mass is 31.1. The van der Waals surface area contributed by atoms with Crippen molar-refractivity contribution in [3.05, 3.63) is 29.8 Å². The van der Waals surface area contributed by atoms with Gasteiger partial charge in [-0.1, -0.05) is 12.1 Å². The number of carbonyl (C=O) groups excluding carboxylic acids is 1. The maximum atomic E-state index is 11.2. The fourth-order valence-electron chi connectivity index (χ4n) is 0.917. The molecule has 13 heavy (non-hydrogen) atoms. The van der Waals surface area contributed by atoms with Gasteiger partial charge < -0.3 is 10.2 Å². The molecule has 0 aliphatic heterocycles. The molecule has 1 aromatic carbocycles. The molecule has 0 aliphatic rings. The number of carbonyl (C=O) groups is 1. The molecule has 2 N–H and O–H groups in total. The molecule has 1 unspecified atom stereocenters. The van der Waals surface area contributed by atoms with E-state index in [0.717, 1.165) is 5.30 Å². The standard InChI is InChI=1S/C9H12NO2P/c1-2-12-9(11)7-3-5-8(13-10)6-4-7/h3-6,13H,2,10H2,1H3. The van der Waals surface area contributed by atoms with E-state index in [-0.39, 0.29) is 14.7 Å². The van der Waals surface area contributed by atoms with Crippen molar-refractivity contribution >= 4 is 20.0 Å². The first kappa shape index (κ1) is 10.2. The third-order valence-electron chi connectivity index (χ3n) is 1.56. The Morgan fingerprint density at radius 3 is 2.54 bits per heavy atom. The average molecular weight is 197 g/mol. The lowest BCUT2D eigenvalue weighted by Crippen LogP contribution is -2.06. The molecule has 0 bridgehead atoms. The van der Waals surface area contributed by atoms with Crippen LogP contribution < -0.4 is 10.8 Å². The number of hydrogen-bond donors (Lipinski definition) is 1. The van der Waals surface area contributed by atoms with Crippen molar-refractivity contribution in [2.45, 2.75) is 6.92 Å². The quantitative estimate of drug-likeness (QED) is 0.581. The van der Waals surface area contributed by atoms with Gasteiger partial charge in [-0.05, 0) is 33.1 Å². The van der Waals surface area contributed by atoms with Crippen molar-refractivity contribution in [1.29, 1.82) is 0 Å². The van der Waals surface area contributed by atoms with Gasteiger partial charge in [0.2, 0.25) is 0 Å². The summed E-state index contributed by atoms with van der Waals surface area (Å²) in [5.74, 6) is -0.283. The Morgan fingerprint density at radius 1 is 1.46 bits per heavy atom. The van der Waals surface area contributed by atoms with Crippen LogP contribution >= 0.6 is 8.73 Å². The molecule has 0 saturated carbocycles. The van der Waals surface area contributed by atoms with Crippen molar-refractivity contribution in [1.82, 2.24) is 0 Å². The number of nitrogens with two attached hydrogens (primary N) is 1. The zero-order chi connectivity index (χ0) is 9.68. The highest BCUT2D eigenvalue weighted by Gasteiger charge is 2.04. The van der Waals surface area contributed by atoms with E-state index in [1.165, 1.54) is 0 Å². The molecule has 3 nitrogen and oxygen atoms in total. The lowest BCUT2D eigenvalue weighted by molar-refractivity contribution is 0.0526. The molecule has 0 heterocycles. The third kappa shape index (κ3) is 2.79. The molecule has 0 aromatic heterocycles. The van der Waals surface area contributed by atoms with Gasteiger partial charge in [-0.2, -0.15) is 0 Å². The second kappa shape index (κ2) is 4.95. The molecular formula is C9H12NO2P. The van der Waals surface area contributed by atoms with E-state index in [2.05, 4.69) is 0 Å².